The van der Waals surface area contributed by atoms with Crippen LogP contribution in [0.25, 0.3) is 0 Å². The lowest BCUT2D eigenvalue weighted by Gasteiger charge is -2.38. The number of aryl methyl sites for hydroxylation is 2. The SMILES string of the molecule is CCOC(=O)C1=C(CN2CCN(c3ccc(C)cc3C)CC2)NC(=O)NC1c1cccs1. The van der Waals surface area contributed by atoms with Gasteiger partial charge in [0.25, 0.3) is 0 Å². The number of rotatable bonds is 6. The van der Waals surface area contributed by atoms with Crippen molar-refractivity contribution in [2.75, 3.05) is 44.2 Å². The zero-order valence-corrected chi connectivity index (χ0v) is 19.6. The Labute approximate surface area is 193 Å². The minimum Gasteiger partial charge on any atom is -0.463 e. The number of anilines is 1. The number of hydrogen-bond acceptors (Lipinski definition) is 6. The summed E-state index contributed by atoms with van der Waals surface area (Å²) in [5.41, 5.74) is 4.95. The van der Waals surface area contributed by atoms with Crippen LogP contribution in [-0.4, -0.2) is 56.2 Å². The van der Waals surface area contributed by atoms with E-state index in [4.69, 9.17) is 4.74 Å². The number of thiophene rings is 1. The maximum atomic E-state index is 12.9. The lowest BCUT2D eigenvalue weighted by atomic mass is 10.0. The number of amides is 2. The maximum absolute atomic E-state index is 12.9. The molecule has 1 saturated heterocycles. The molecule has 1 aromatic carbocycles. The first-order valence-corrected chi connectivity index (χ1v) is 11.9. The summed E-state index contributed by atoms with van der Waals surface area (Å²) in [5.74, 6) is -0.387. The molecule has 2 aliphatic heterocycles. The largest absolute Gasteiger partial charge is 0.463 e. The number of piperazine rings is 1. The lowest BCUT2D eigenvalue weighted by Crippen LogP contribution is -2.51. The second kappa shape index (κ2) is 9.75. The molecule has 170 valence electrons. The predicted octanol–water partition coefficient (Wildman–Crippen LogP) is 3.36. The molecule has 0 radical (unpaired) electrons. The van der Waals surface area contributed by atoms with Crippen molar-refractivity contribution in [1.29, 1.82) is 0 Å². The number of urea groups is 1. The monoisotopic (exact) mass is 454 g/mol. The Kier molecular flexibility index (Phi) is 6.81. The van der Waals surface area contributed by atoms with E-state index in [1.54, 1.807) is 6.92 Å². The fraction of sp³-hybridized carbons (Fsp3) is 0.417. The van der Waals surface area contributed by atoms with Gasteiger partial charge in [-0.25, -0.2) is 9.59 Å². The van der Waals surface area contributed by atoms with Gasteiger partial charge in [-0.1, -0.05) is 23.8 Å². The summed E-state index contributed by atoms with van der Waals surface area (Å²) in [7, 11) is 0. The number of carbonyl (C=O) groups is 2. The van der Waals surface area contributed by atoms with E-state index < -0.39 is 6.04 Å². The van der Waals surface area contributed by atoms with Crippen molar-refractivity contribution in [3.8, 4) is 0 Å². The summed E-state index contributed by atoms with van der Waals surface area (Å²) < 4.78 is 5.35. The van der Waals surface area contributed by atoms with E-state index in [0.717, 1.165) is 31.1 Å². The molecule has 2 N–H and O–H groups in total. The Bertz CT molecular complexity index is 1010. The molecule has 0 saturated carbocycles. The Morgan fingerprint density at radius 3 is 2.62 bits per heavy atom. The molecular weight excluding hydrogens is 424 g/mol. The number of hydrogen-bond donors (Lipinski definition) is 2. The predicted molar refractivity (Wildman–Crippen MR) is 127 cm³/mol. The van der Waals surface area contributed by atoms with Crippen molar-refractivity contribution in [3.63, 3.8) is 0 Å². The van der Waals surface area contributed by atoms with Crippen LogP contribution in [0.2, 0.25) is 0 Å². The molecule has 1 fully saturated rings. The third-order valence-corrected chi connectivity index (χ3v) is 6.86. The number of esters is 1. The van der Waals surface area contributed by atoms with Crippen molar-refractivity contribution in [2.24, 2.45) is 0 Å². The highest BCUT2D eigenvalue weighted by atomic mass is 32.1. The molecule has 2 aliphatic rings. The second-order valence-corrected chi connectivity index (χ2v) is 9.19. The highest BCUT2D eigenvalue weighted by molar-refractivity contribution is 7.10. The van der Waals surface area contributed by atoms with Crippen molar-refractivity contribution in [3.05, 3.63) is 63.0 Å². The first kappa shape index (κ1) is 22.4. The Morgan fingerprint density at radius 1 is 1.19 bits per heavy atom. The molecular formula is C24H30N4O3S. The van der Waals surface area contributed by atoms with E-state index >= 15 is 0 Å². The van der Waals surface area contributed by atoms with Gasteiger partial charge in [0, 0.05) is 49.0 Å². The maximum Gasteiger partial charge on any atom is 0.338 e. The van der Waals surface area contributed by atoms with Crippen LogP contribution in [0.15, 0.2) is 47.0 Å². The minimum atomic E-state index is -0.491. The lowest BCUT2D eigenvalue weighted by molar-refractivity contribution is -0.139. The summed E-state index contributed by atoms with van der Waals surface area (Å²) in [6, 6.07) is 9.63. The van der Waals surface area contributed by atoms with Gasteiger partial charge in [-0.15, -0.1) is 11.3 Å². The first-order valence-electron chi connectivity index (χ1n) is 11.0. The van der Waals surface area contributed by atoms with Gasteiger partial charge in [0.05, 0.1) is 18.2 Å². The number of carbonyl (C=O) groups excluding carboxylic acids is 2. The van der Waals surface area contributed by atoms with E-state index in [1.165, 1.54) is 28.2 Å². The third-order valence-electron chi connectivity index (χ3n) is 5.92. The van der Waals surface area contributed by atoms with Gasteiger partial charge in [-0.3, -0.25) is 4.90 Å². The molecule has 32 heavy (non-hydrogen) atoms. The standard InChI is InChI=1S/C24H30N4O3S/c1-4-31-23(29)21-18(25-24(30)26-22(21)20-6-5-13-32-20)15-27-9-11-28(12-10-27)19-8-7-16(2)14-17(19)3/h5-8,13-14,22H,4,9-12,15H2,1-3H3,(H2,25,26,30). The number of nitrogens with one attached hydrogen (secondary N) is 2. The summed E-state index contributed by atoms with van der Waals surface area (Å²) in [6.45, 7) is 10.3. The topological polar surface area (TPSA) is 73.9 Å². The van der Waals surface area contributed by atoms with Crippen LogP contribution >= 0.6 is 11.3 Å². The van der Waals surface area contributed by atoms with Crippen LogP contribution in [0.3, 0.4) is 0 Å². The summed E-state index contributed by atoms with van der Waals surface area (Å²) in [5, 5.41) is 7.71. The van der Waals surface area contributed by atoms with Crippen LogP contribution in [0.4, 0.5) is 10.5 Å². The molecule has 4 rings (SSSR count). The average molecular weight is 455 g/mol. The van der Waals surface area contributed by atoms with Crippen molar-refractivity contribution < 1.29 is 14.3 Å². The van der Waals surface area contributed by atoms with Gasteiger partial charge in [0.15, 0.2) is 0 Å². The van der Waals surface area contributed by atoms with E-state index in [9.17, 15) is 9.59 Å². The van der Waals surface area contributed by atoms with Crippen LogP contribution < -0.4 is 15.5 Å². The molecule has 0 bridgehead atoms. The van der Waals surface area contributed by atoms with Crippen molar-refractivity contribution in [1.82, 2.24) is 15.5 Å². The molecule has 1 aromatic heterocycles. The minimum absolute atomic E-state index is 0.287. The van der Waals surface area contributed by atoms with Gasteiger partial charge in [0.2, 0.25) is 0 Å². The molecule has 3 heterocycles. The average Bonchev–Trinajstić information content (AvgIpc) is 3.29. The Hall–Kier alpha value is -2.84. The van der Waals surface area contributed by atoms with E-state index in [2.05, 4.69) is 52.5 Å². The number of nitrogens with zero attached hydrogens (tertiary/aromatic N) is 2. The first-order chi connectivity index (χ1) is 15.5. The highest BCUT2D eigenvalue weighted by Gasteiger charge is 2.35. The number of benzene rings is 1. The normalized spacial score (nSPS) is 19.5. The fourth-order valence-corrected chi connectivity index (χ4v) is 5.18. The zero-order valence-electron chi connectivity index (χ0n) is 18.8. The Balaban J connectivity index is 1.52. The van der Waals surface area contributed by atoms with Crippen LogP contribution in [-0.2, 0) is 9.53 Å². The summed E-state index contributed by atoms with van der Waals surface area (Å²) in [6.07, 6.45) is 0. The van der Waals surface area contributed by atoms with Crippen LogP contribution in [0, 0.1) is 13.8 Å². The second-order valence-electron chi connectivity index (χ2n) is 8.21. The molecule has 0 spiro atoms. The highest BCUT2D eigenvalue weighted by Crippen LogP contribution is 2.31. The van der Waals surface area contributed by atoms with Crippen molar-refractivity contribution >= 4 is 29.0 Å². The molecule has 1 unspecified atom stereocenters. The van der Waals surface area contributed by atoms with Crippen molar-refractivity contribution in [2.45, 2.75) is 26.8 Å². The zero-order chi connectivity index (χ0) is 22.7. The molecule has 7 nitrogen and oxygen atoms in total. The fourth-order valence-electron chi connectivity index (χ4n) is 4.39. The molecule has 8 heteroatoms. The summed E-state index contributed by atoms with van der Waals surface area (Å²) >= 11 is 1.51. The molecule has 0 aliphatic carbocycles. The van der Waals surface area contributed by atoms with E-state index in [-0.39, 0.29) is 18.6 Å². The smallest absolute Gasteiger partial charge is 0.338 e. The van der Waals surface area contributed by atoms with E-state index in [0.29, 0.717) is 17.8 Å². The van der Waals surface area contributed by atoms with Gasteiger partial charge in [-0.05, 0) is 43.8 Å². The van der Waals surface area contributed by atoms with Gasteiger partial charge >= 0.3 is 12.0 Å². The van der Waals surface area contributed by atoms with Crippen LogP contribution in [0.1, 0.15) is 29.0 Å². The Morgan fingerprint density at radius 2 is 1.97 bits per heavy atom. The molecule has 1 atom stereocenters. The molecule has 2 aromatic rings. The quantitative estimate of drug-likeness (QED) is 0.655. The van der Waals surface area contributed by atoms with Gasteiger partial charge < -0.3 is 20.3 Å². The molecule has 2 amide bonds. The third kappa shape index (κ3) is 4.81. The number of ether oxygens (including phenoxy) is 1. The van der Waals surface area contributed by atoms with Crippen LogP contribution in [0.5, 0.6) is 0 Å². The van der Waals surface area contributed by atoms with E-state index in [1.807, 2.05) is 17.5 Å². The van der Waals surface area contributed by atoms with Gasteiger partial charge in [-0.2, -0.15) is 0 Å². The van der Waals surface area contributed by atoms with Gasteiger partial charge in [0.1, 0.15) is 0 Å². The summed E-state index contributed by atoms with van der Waals surface area (Å²) in [4.78, 5) is 30.9.